The summed E-state index contributed by atoms with van der Waals surface area (Å²) >= 11 is 0. The zero-order chi connectivity index (χ0) is 8.04. The third kappa shape index (κ3) is 7.36. The predicted octanol–water partition coefficient (Wildman–Crippen LogP) is 0.288. The smallest absolute Gasteiger partial charge is 0.151 e. The molecule has 0 N–H and O–H groups in total. The van der Waals surface area contributed by atoms with Crippen molar-refractivity contribution in [1.82, 2.24) is 0 Å². The van der Waals surface area contributed by atoms with Crippen LogP contribution in [0.1, 0.15) is 0 Å². The maximum atomic E-state index is 10.5. The number of hydrogen-bond acceptors (Lipinski definition) is 3. The van der Waals surface area contributed by atoms with Crippen LogP contribution in [0.2, 0.25) is 0 Å². The van der Waals surface area contributed by atoms with Crippen molar-refractivity contribution >= 4 is 16.1 Å². The van der Waals surface area contributed by atoms with Gasteiger partial charge in [-0.05, 0) is 6.08 Å². The van der Waals surface area contributed by atoms with Gasteiger partial charge in [-0.1, -0.05) is 6.08 Å². The lowest BCUT2D eigenvalue weighted by Gasteiger charge is -1.85. The molecule has 0 unspecified atom stereocenters. The molecule has 0 radical (unpaired) electrons. The first-order chi connectivity index (χ1) is 4.56. The van der Waals surface area contributed by atoms with E-state index in [2.05, 4.69) is 4.99 Å². The first kappa shape index (κ1) is 9.36. The molecule has 0 aliphatic rings. The van der Waals surface area contributed by atoms with Gasteiger partial charge >= 0.3 is 0 Å². The number of nitrogens with zero attached hydrogens (tertiary/aromatic N) is 1. The van der Waals surface area contributed by atoms with Crippen molar-refractivity contribution in [3.05, 3.63) is 12.2 Å². The predicted molar refractivity (Wildman–Crippen MR) is 43.3 cm³/mol. The summed E-state index contributed by atoms with van der Waals surface area (Å²) in [5, 5.41) is 0. The SMILES string of the molecule is C/N=C\C=C/CS(C)(=O)=O. The van der Waals surface area contributed by atoms with Crippen LogP contribution in [0.5, 0.6) is 0 Å². The van der Waals surface area contributed by atoms with Gasteiger partial charge in [-0.15, -0.1) is 0 Å². The van der Waals surface area contributed by atoms with E-state index in [-0.39, 0.29) is 5.75 Å². The summed E-state index contributed by atoms with van der Waals surface area (Å²) in [6.45, 7) is 0. The van der Waals surface area contributed by atoms with E-state index in [1.54, 1.807) is 25.4 Å². The van der Waals surface area contributed by atoms with E-state index in [0.29, 0.717) is 0 Å². The molecule has 3 nitrogen and oxygen atoms in total. The van der Waals surface area contributed by atoms with E-state index in [1.165, 1.54) is 6.26 Å². The molecule has 10 heavy (non-hydrogen) atoms. The van der Waals surface area contributed by atoms with E-state index >= 15 is 0 Å². The summed E-state index contributed by atoms with van der Waals surface area (Å²) in [5.41, 5.74) is 0. The molecule has 0 aromatic carbocycles. The van der Waals surface area contributed by atoms with Crippen LogP contribution in [0.15, 0.2) is 17.1 Å². The third-order valence-corrected chi connectivity index (χ3v) is 1.57. The molecule has 0 aromatic heterocycles. The highest BCUT2D eigenvalue weighted by Gasteiger charge is 1.94. The second-order valence-electron chi connectivity index (χ2n) is 1.93. The van der Waals surface area contributed by atoms with E-state index in [4.69, 9.17) is 0 Å². The van der Waals surface area contributed by atoms with Gasteiger partial charge in [0.25, 0.3) is 0 Å². The van der Waals surface area contributed by atoms with Crippen LogP contribution in [-0.4, -0.2) is 33.7 Å². The van der Waals surface area contributed by atoms with Gasteiger partial charge in [0.05, 0.1) is 5.75 Å². The standard InChI is InChI=1S/C6H11NO2S/c1-7-5-3-4-6-10(2,8)9/h3-5H,6H2,1-2H3/b4-3-,7-5-. The van der Waals surface area contributed by atoms with Crippen molar-refractivity contribution in [2.24, 2.45) is 4.99 Å². The average Bonchev–Trinajstić information content (AvgIpc) is 1.78. The zero-order valence-corrected chi connectivity index (χ0v) is 6.93. The molecule has 0 spiro atoms. The van der Waals surface area contributed by atoms with Crippen molar-refractivity contribution < 1.29 is 8.42 Å². The molecule has 0 rings (SSSR count). The quantitative estimate of drug-likeness (QED) is 0.558. The molecule has 0 aliphatic heterocycles. The minimum atomic E-state index is -2.85. The lowest BCUT2D eigenvalue weighted by molar-refractivity contribution is 0.604. The Bertz CT molecular complexity index is 226. The number of rotatable bonds is 3. The highest BCUT2D eigenvalue weighted by Crippen LogP contribution is 1.82. The lowest BCUT2D eigenvalue weighted by Crippen LogP contribution is -1.98. The van der Waals surface area contributed by atoms with Gasteiger partial charge in [-0.25, -0.2) is 8.42 Å². The number of aliphatic imine (C=N–C) groups is 1. The van der Waals surface area contributed by atoms with Gasteiger partial charge in [-0.3, -0.25) is 4.99 Å². The largest absolute Gasteiger partial charge is 0.297 e. The minimum absolute atomic E-state index is 0.0824. The van der Waals surface area contributed by atoms with Crippen LogP contribution in [0.3, 0.4) is 0 Å². The molecule has 0 saturated heterocycles. The topological polar surface area (TPSA) is 46.5 Å². The fraction of sp³-hybridized carbons (Fsp3) is 0.500. The van der Waals surface area contributed by atoms with Crippen LogP contribution in [0, 0.1) is 0 Å². The van der Waals surface area contributed by atoms with Crippen molar-refractivity contribution in [3.63, 3.8) is 0 Å². The van der Waals surface area contributed by atoms with Gasteiger partial charge in [0.1, 0.15) is 0 Å². The molecule has 58 valence electrons. The Morgan fingerprint density at radius 3 is 2.50 bits per heavy atom. The second kappa shape index (κ2) is 4.22. The molecule has 0 bridgehead atoms. The van der Waals surface area contributed by atoms with Crippen LogP contribution in [0.25, 0.3) is 0 Å². The van der Waals surface area contributed by atoms with Crippen molar-refractivity contribution in [1.29, 1.82) is 0 Å². The minimum Gasteiger partial charge on any atom is -0.297 e. The maximum Gasteiger partial charge on any atom is 0.151 e. The van der Waals surface area contributed by atoms with Crippen LogP contribution in [-0.2, 0) is 9.84 Å². The Hall–Kier alpha value is -0.640. The highest BCUT2D eigenvalue weighted by molar-refractivity contribution is 7.90. The van der Waals surface area contributed by atoms with E-state index in [1.807, 2.05) is 0 Å². The maximum absolute atomic E-state index is 10.5. The first-order valence-electron chi connectivity index (χ1n) is 2.81. The zero-order valence-electron chi connectivity index (χ0n) is 6.11. The fourth-order valence-corrected chi connectivity index (χ4v) is 0.838. The summed E-state index contributed by atoms with van der Waals surface area (Å²) in [6, 6.07) is 0. The normalized spacial score (nSPS) is 13.4. The number of allylic oxidation sites excluding steroid dienone is 1. The van der Waals surface area contributed by atoms with Crippen LogP contribution < -0.4 is 0 Å². The van der Waals surface area contributed by atoms with Gasteiger partial charge in [0, 0.05) is 19.5 Å². The molecule has 0 heterocycles. The Balaban J connectivity index is 3.76. The fourth-order valence-electron chi connectivity index (χ4n) is 0.377. The molecule has 0 amide bonds. The van der Waals surface area contributed by atoms with Crippen molar-refractivity contribution in [3.8, 4) is 0 Å². The van der Waals surface area contributed by atoms with Gasteiger partial charge in [0.15, 0.2) is 9.84 Å². The molecule has 0 saturated carbocycles. The number of sulfone groups is 1. The summed E-state index contributed by atoms with van der Waals surface area (Å²) < 4.78 is 21.0. The molecule has 4 heteroatoms. The Labute approximate surface area is 61.4 Å². The molecule has 0 aromatic rings. The Morgan fingerprint density at radius 1 is 1.50 bits per heavy atom. The molecule has 0 atom stereocenters. The first-order valence-corrected chi connectivity index (χ1v) is 4.87. The molecule has 0 aliphatic carbocycles. The average molecular weight is 161 g/mol. The third-order valence-electron chi connectivity index (χ3n) is 0.770. The monoisotopic (exact) mass is 161 g/mol. The van der Waals surface area contributed by atoms with Crippen LogP contribution in [0.4, 0.5) is 0 Å². The van der Waals surface area contributed by atoms with Crippen LogP contribution >= 0.6 is 0 Å². The number of hydrogen-bond donors (Lipinski definition) is 0. The van der Waals surface area contributed by atoms with Gasteiger partial charge in [0.2, 0.25) is 0 Å². The summed E-state index contributed by atoms with van der Waals surface area (Å²) in [4.78, 5) is 3.65. The summed E-state index contributed by atoms with van der Waals surface area (Å²) in [7, 11) is -1.22. The van der Waals surface area contributed by atoms with E-state index in [9.17, 15) is 8.42 Å². The molecule has 0 fully saturated rings. The second-order valence-corrected chi connectivity index (χ2v) is 4.11. The van der Waals surface area contributed by atoms with Gasteiger partial charge in [-0.2, -0.15) is 0 Å². The summed E-state index contributed by atoms with van der Waals surface area (Å²) in [6.07, 6.45) is 5.91. The van der Waals surface area contributed by atoms with E-state index in [0.717, 1.165) is 0 Å². The highest BCUT2D eigenvalue weighted by atomic mass is 32.2. The van der Waals surface area contributed by atoms with Crippen molar-refractivity contribution in [2.75, 3.05) is 19.1 Å². The van der Waals surface area contributed by atoms with E-state index < -0.39 is 9.84 Å². The van der Waals surface area contributed by atoms with Gasteiger partial charge < -0.3 is 0 Å². The Kier molecular flexibility index (Phi) is 3.95. The molecular weight excluding hydrogens is 150 g/mol. The Morgan fingerprint density at radius 2 is 2.10 bits per heavy atom. The molecular formula is C6H11NO2S. The van der Waals surface area contributed by atoms with Crippen molar-refractivity contribution in [2.45, 2.75) is 0 Å². The summed E-state index contributed by atoms with van der Waals surface area (Å²) in [5.74, 6) is 0.0824. The lowest BCUT2D eigenvalue weighted by atomic mass is 10.6.